The Bertz CT molecular complexity index is 184. The first-order valence-corrected chi connectivity index (χ1v) is 10.8. The lowest BCUT2D eigenvalue weighted by Gasteiger charge is -2.13. The van der Waals surface area contributed by atoms with Gasteiger partial charge in [0.25, 0.3) is 0 Å². The molecule has 0 saturated carbocycles. The lowest BCUT2D eigenvalue weighted by atomic mass is 9.93. The third-order valence-electron chi connectivity index (χ3n) is 5.26. The van der Waals surface area contributed by atoms with Crippen LogP contribution in [0.2, 0.25) is 0 Å². The first kappa shape index (κ1) is 22.0. The molecule has 0 radical (unpaired) electrons. The van der Waals surface area contributed by atoms with E-state index in [-0.39, 0.29) is 0 Å². The van der Waals surface area contributed by atoms with Gasteiger partial charge in [0.2, 0.25) is 0 Å². The van der Waals surface area contributed by atoms with E-state index < -0.39 is 0 Å². The lowest BCUT2D eigenvalue weighted by molar-refractivity contribution is 0.399. The van der Waals surface area contributed by atoms with Gasteiger partial charge in [0, 0.05) is 0 Å². The van der Waals surface area contributed by atoms with E-state index in [0.717, 1.165) is 5.92 Å². The maximum atomic E-state index is 2.38. The van der Waals surface area contributed by atoms with E-state index >= 15 is 0 Å². The highest BCUT2D eigenvalue weighted by Crippen LogP contribution is 2.20. The summed E-state index contributed by atoms with van der Waals surface area (Å²) in [6.45, 7) is 6.99. The zero-order chi connectivity index (χ0) is 16.3. The van der Waals surface area contributed by atoms with Gasteiger partial charge < -0.3 is 0 Å². The fraction of sp³-hybridized carbons (Fsp3) is 1.00. The molecule has 0 N–H and O–H groups in total. The number of hydrogen-bond donors (Lipinski definition) is 0. The Hall–Kier alpha value is 0. The van der Waals surface area contributed by atoms with Gasteiger partial charge in [-0.2, -0.15) is 0 Å². The number of hydrogen-bond acceptors (Lipinski definition) is 0. The summed E-state index contributed by atoms with van der Waals surface area (Å²) >= 11 is 0. The zero-order valence-corrected chi connectivity index (χ0v) is 16.3. The minimum atomic E-state index is 1.02. The van der Waals surface area contributed by atoms with Crippen molar-refractivity contribution in [3.63, 3.8) is 0 Å². The highest BCUT2D eigenvalue weighted by atomic mass is 14.1. The molecule has 0 aliphatic heterocycles. The summed E-state index contributed by atoms with van der Waals surface area (Å²) in [5.74, 6) is 1.02. The molecule has 0 aliphatic rings. The van der Waals surface area contributed by atoms with Crippen LogP contribution in [0.4, 0.5) is 0 Å². The van der Waals surface area contributed by atoms with Gasteiger partial charge in [0.1, 0.15) is 0 Å². The van der Waals surface area contributed by atoms with Gasteiger partial charge in [-0.15, -0.1) is 0 Å². The summed E-state index contributed by atoms with van der Waals surface area (Å²) in [6.07, 6.45) is 26.3. The van der Waals surface area contributed by atoms with E-state index in [2.05, 4.69) is 20.8 Å². The molecular formula is C22H46. The average Bonchev–Trinajstić information content (AvgIpc) is 2.54. The van der Waals surface area contributed by atoms with Crippen molar-refractivity contribution in [3.8, 4) is 0 Å². The third-order valence-corrected chi connectivity index (χ3v) is 5.26. The molecule has 0 bridgehead atoms. The van der Waals surface area contributed by atoms with Crippen molar-refractivity contribution in [1.29, 1.82) is 0 Å². The largest absolute Gasteiger partial charge is 0.0654 e. The molecule has 0 rings (SSSR count). The highest BCUT2D eigenvalue weighted by molar-refractivity contribution is 4.58. The summed E-state index contributed by atoms with van der Waals surface area (Å²) < 4.78 is 0. The maximum absolute atomic E-state index is 2.38. The first-order valence-electron chi connectivity index (χ1n) is 10.8. The smallest absolute Gasteiger partial charge is 0.0417 e. The molecule has 22 heavy (non-hydrogen) atoms. The van der Waals surface area contributed by atoms with Crippen LogP contribution in [0.15, 0.2) is 0 Å². The van der Waals surface area contributed by atoms with Crippen molar-refractivity contribution in [1.82, 2.24) is 0 Å². The van der Waals surface area contributed by atoms with Gasteiger partial charge in [-0.05, 0) is 5.92 Å². The molecule has 0 aliphatic carbocycles. The molecule has 0 heteroatoms. The molecule has 0 aromatic heterocycles. The predicted molar refractivity (Wildman–Crippen MR) is 104 cm³/mol. The Morgan fingerprint density at radius 3 is 1.18 bits per heavy atom. The molecule has 0 amide bonds. The highest BCUT2D eigenvalue weighted by Gasteiger charge is 2.04. The van der Waals surface area contributed by atoms with Crippen LogP contribution in [0.1, 0.15) is 136 Å². The first-order chi connectivity index (χ1) is 10.8. The second-order valence-electron chi connectivity index (χ2n) is 7.45. The van der Waals surface area contributed by atoms with Crippen LogP contribution < -0.4 is 0 Å². The van der Waals surface area contributed by atoms with Crippen LogP contribution in [0.3, 0.4) is 0 Å². The number of rotatable bonds is 18. The van der Waals surface area contributed by atoms with Gasteiger partial charge in [-0.25, -0.2) is 0 Å². The van der Waals surface area contributed by atoms with E-state index in [1.54, 1.807) is 0 Å². The van der Waals surface area contributed by atoms with Crippen LogP contribution in [-0.2, 0) is 0 Å². The monoisotopic (exact) mass is 310 g/mol. The summed E-state index contributed by atoms with van der Waals surface area (Å²) in [4.78, 5) is 0. The summed E-state index contributed by atoms with van der Waals surface area (Å²) in [5.41, 5.74) is 0. The molecule has 0 spiro atoms. The molecule has 0 saturated heterocycles. The molecule has 1 unspecified atom stereocenters. The van der Waals surface area contributed by atoms with Crippen LogP contribution >= 0.6 is 0 Å². The topological polar surface area (TPSA) is 0 Å². The fourth-order valence-electron chi connectivity index (χ4n) is 3.50. The molecule has 0 aromatic rings. The summed E-state index contributed by atoms with van der Waals surface area (Å²) in [5, 5.41) is 0. The second kappa shape index (κ2) is 19.0. The maximum Gasteiger partial charge on any atom is -0.0417 e. The quantitative estimate of drug-likeness (QED) is 0.222. The Balaban J connectivity index is 3.13. The standard InChI is InChI=1S/C22H46/c1-4-7-9-10-11-12-13-14-15-16-17-18-19-21-22(6-3)20-8-5-2/h22H,4-21H2,1-3H3. The molecule has 134 valence electrons. The van der Waals surface area contributed by atoms with Crippen LogP contribution in [-0.4, -0.2) is 0 Å². The minimum Gasteiger partial charge on any atom is -0.0654 e. The van der Waals surface area contributed by atoms with Crippen molar-refractivity contribution in [3.05, 3.63) is 0 Å². The van der Waals surface area contributed by atoms with Gasteiger partial charge >= 0.3 is 0 Å². The predicted octanol–water partition coefficient (Wildman–Crippen LogP) is 8.68. The molecule has 0 aromatic carbocycles. The summed E-state index contributed by atoms with van der Waals surface area (Å²) in [7, 11) is 0. The SMILES string of the molecule is CCCCCCCCCCCCCCCC(CC)CCCC. The molecule has 0 nitrogen and oxygen atoms in total. The molecule has 0 fully saturated rings. The molecule has 0 heterocycles. The van der Waals surface area contributed by atoms with Crippen molar-refractivity contribution >= 4 is 0 Å². The lowest BCUT2D eigenvalue weighted by Crippen LogP contribution is -1.98. The van der Waals surface area contributed by atoms with E-state index in [1.807, 2.05) is 0 Å². The molecule has 1 atom stereocenters. The van der Waals surface area contributed by atoms with E-state index in [0.29, 0.717) is 0 Å². The fourth-order valence-corrected chi connectivity index (χ4v) is 3.50. The summed E-state index contributed by atoms with van der Waals surface area (Å²) in [6, 6.07) is 0. The number of unbranched alkanes of at least 4 members (excludes halogenated alkanes) is 13. The van der Waals surface area contributed by atoms with Crippen molar-refractivity contribution in [2.75, 3.05) is 0 Å². The van der Waals surface area contributed by atoms with E-state index in [4.69, 9.17) is 0 Å². The van der Waals surface area contributed by atoms with Crippen LogP contribution in [0, 0.1) is 5.92 Å². The van der Waals surface area contributed by atoms with Gasteiger partial charge in [0.05, 0.1) is 0 Å². The van der Waals surface area contributed by atoms with Crippen LogP contribution in [0.5, 0.6) is 0 Å². The van der Waals surface area contributed by atoms with E-state index in [9.17, 15) is 0 Å². The van der Waals surface area contributed by atoms with Crippen molar-refractivity contribution in [2.24, 2.45) is 5.92 Å². The van der Waals surface area contributed by atoms with Crippen molar-refractivity contribution in [2.45, 2.75) is 136 Å². The van der Waals surface area contributed by atoms with E-state index in [1.165, 1.54) is 116 Å². The third kappa shape index (κ3) is 16.4. The second-order valence-corrected chi connectivity index (χ2v) is 7.45. The average molecular weight is 311 g/mol. The van der Waals surface area contributed by atoms with Crippen LogP contribution in [0.25, 0.3) is 0 Å². The Labute approximate surface area is 142 Å². The Morgan fingerprint density at radius 1 is 0.409 bits per heavy atom. The van der Waals surface area contributed by atoms with Gasteiger partial charge in [-0.1, -0.05) is 136 Å². The Kier molecular flexibility index (Phi) is 19.0. The normalized spacial score (nSPS) is 12.7. The van der Waals surface area contributed by atoms with Gasteiger partial charge in [0.15, 0.2) is 0 Å². The zero-order valence-electron chi connectivity index (χ0n) is 16.3. The van der Waals surface area contributed by atoms with Crippen molar-refractivity contribution < 1.29 is 0 Å². The molecular weight excluding hydrogens is 264 g/mol. The van der Waals surface area contributed by atoms with Gasteiger partial charge in [-0.3, -0.25) is 0 Å². The Morgan fingerprint density at radius 2 is 0.773 bits per heavy atom. The minimum absolute atomic E-state index is 1.02.